The van der Waals surface area contributed by atoms with Crippen LogP contribution >= 0.6 is 11.8 Å². The monoisotopic (exact) mass is 307 g/mol. The molecule has 0 radical (unpaired) electrons. The van der Waals surface area contributed by atoms with Crippen LogP contribution in [0.25, 0.3) is 0 Å². The second-order valence-electron chi connectivity index (χ2n) is 4.98. The maximum atomic E-state index is 11.4. The summed E-state index contributed by atoms with van der Waals surface area (Å²) in [5, 5.41) is 25.2. The van der Waals surface area contributed by atoms with Gasteiger partial charge in [-0.25, -0.2) is 0 Å². The average molecular weight is 307 g/mol. The molecule has 0 aliphatic carbocycles. The lowest BCUT2D eigenvalue weighted by Crippen LogP contribution is -1.95. The van der Waals surface area contributed by atoms with E-state index in [0.29, 0.717) is 10.7 Å². The van der Waals surface area contributed by atoms with Crippen molar-refractivity contribution in [2.45, 2.75) is 36.3 Å². The van der Waals surface area contributed by atoms with Crippen LogP contribution in [0.2, 0.25) is 0 Å². The molecule has 112 valence electrons. The van der Waals surface area contributed by atoms with Crippen molar-refractivity contribution in [2.24, 2.45) is 7.05 Å². The summed E-state index contributed by atoms with van der Waals surface area (Å²) in [4.78, 5) is 11.9. The molecule has 0 unspecified atom stereocenters. The van der Waals surface area contributed by atoms with Crippen LogP contribution in [-0.2, 0) is 13.7 Å². The van der Waals surface area contributed by atoms with Gasteiger partial charge >= 0.3 is 5.69 Å². The summed E-state index contributed by atoms with van der Waals surface area (Å²) in [5.74, 6) is -0.0114. The number of nitrogens with zero attached hydrogens (tertiary/aromatic N) is 3. The molecule has 0 aliphatic rings. The van der Waals surface area contributed by atoms with Crippen LogP contribution < -0.4 is 0 Å². The van der Waals surface area contributed by atoms with E-state index in [1.807, 2.05) is 26.0 Å². The van der Waals surface area contributed by atoms with Crippen molar-refractivity contribution < 1.29 is 10.0 Å². The first-order valence-electron chi connectivity index (χ1n) is 6.53. The number of hydrogen-bond acceptors (Lipinski definition) is 5. The molecule has 0 saturated carbocycles. The van der Waals surface area contributed by atoms with Crippen LogP contribution in [0.5, 0.6) is 0 Å². The predicted molar refractivity (Wildman–Crippen MR) is 80.4 cm³/mol. The maximum Gasteiger partial charge on any atom is 0.324 e. The topological polar surface area (TPSA) is 81.2 Å². The highest BCUT2D eigenvalue weighted by atomic mass is 32.2. The summed E-state index contributed by atoms with van der Waals surface area (Å²) in [6, 6.07) is 7.27. The molecule has 1 aromatic heterocycles. The fourth-order valence-corrected chi connectivity index (χ4v) is 2.91. The van der Waals surface area contributed by atoms with Gasteiger partial charge in [0.05, 0.1) is 11.5 Å². The van der Waals surface area contributed by atoms with Gasteiger partial charge in [0.15, 0.2) is 5.03 Å². The standard InChI is InChI=1S/C14H17N3O3S/c1-9(2)12-13(17(19)20)14(16(3)15-12)21-11-6-4-10(8-18)5-7-11/h4-7,9,18H,8H2,1-3H3. The zero-order chi connectivity index (χ0) is 15.6. The summed E-state index contributed by atoms with van der Waals surface area (Å²) < 4.78 is 1.55. The van der Waals surface area contributed by atoms with Crippen LogP contribution in [-0.4, -0.2) is 19.8 Å². The second kappa shape index (κ2) is 6.28. The maximum absolute atomic E-state index is 11.4. The van der Waals surface area contributed by atoms with Crippen molar-refractivity contribution in [2.75, 3.05) is 0 Å². The molecule has 0 fully saturated rings. The Morgan fingerprint density at radius 3 is 2.48 bits per heavy atom. The van der Waals surface area contributed by atoms with Crippen molar-refractivity contribution in [3.8, 4) is 0 Å². The SMILES string of the molecule is CC(C)c1nn(C)c(Sc2ccc(CO)cc2)c1[N+](=O)[O-]. The molecule has 0 aliphatic heterocycles. The molecule has 1 N–H and O–H groups in total. The predicted octanol–water partition coefficient (Wildman–Crippen LogP) is 3.10. The van der Waals surface area contributed by atoms with Gasteiger partial charge in [0.2, 0.25) is 0 Å². The smallest absolute Gasteiger partial charge is 0.324 e. The van der Waals surface area contributed by atoms with Crippen LogP contribution in [0.15, 0.2) is 34.2 Å². The van der Waals surface area contributed by atoms with Gasteiger partial charge in [-0.15, -0.1) is 0 Å². The van der Waals surface area contributed by atoms with Gasteiger partial charge in [-0.3, -0.25) is 14.8 Å². The van der Waals surface area contributed by atoms with Crippen molar-refractivity contribution in [3.05, 3.63) is 45.6 Å². The van der Waals surface area contributed by atoms with Gasteiger partial charge in [0.25, 0.3) is 0 Å². The third kappa shape index (κ3) is 3.25. The van der Waals surface area contributed by atoms with E-state index in [2.05, 4.69) is 5.10 Å². The molecule has 21 heavy (non-hydrogen) atoms. The van der Waals surface area contributed by atoms with E-state index < -0.39 is 0 Å². The summed E-state index contributed by atoms with van der Waals surface area (Å²) >= 11 is 1.30. The molecular formula is C14H17N3O3S. The number of benzene rings is 1. The molecule has 0 bridgehead atoms. The van der Waals surface area contributed by atoms with Gasteiger partial charge in [-0.1, -0.05) is 37.7 Å². The quantitative estimate of drug-likeness (QED) is 0.678. The minimum atomic E-state index is -0.368. The van der Waals surface area contributed by atoms with E-state index >= 15 is 0 Å². The lowest BCUT2D eigenvalue weighted by molar-refractivity contribution is -0.388. The van der Waals surface area contributed by atoms with E-state index in [1.165, 1.54) is 11.8 Å². The van der Waals surface area contributed by atoms with Crippen LogP contribution in [0.1, 0.15) is 31.0 Å². The van der Waals surface area contributed by atoms with Crippen molar-refractivity contribution in [1.29, 1.82) is 0 Å². The third-order valence-electron chi connectivity index (χ3n) is 3.05. The van der Waals surface area contributed by atoms with E-state index in [9.17, 15) is 10.1 Å². The Morgan fingerprint density at radius 1 is 1.38 bits per heavy atom. The Bertz CT molecular complexity index is 650. The summed E-state index contributed by atoms with van der Waals surface area (Å²) in [6.45, 7) is 3.76. The minimum absolute atomic E-state index is 0.0114. The number of aryl methyl sites for hydroxylation is 1. The lowest BCUT2D eigenvalue weighted by atomic mass is 10.1. The van der Waals surface area contributed by atoms with Gasteiger partial charge in [0.1, 0.15) is 5.69 Å². The average Bonchev–Trinajstić information content (AvgIpc) is 2.77. The summed E-state index contributed by atoms with van der Waals surface area (Å²) in [6.07, 6.45) is 0. The molecule has 1 heterocycles. The first-order chi connectivity index (χ1) is 9.93. The fourth-order valence-electron chi connectivity index (χ4n) is 1.97. The first-order valence-corrected chi connectivity index (χ1v) is 7.34. The summed E-state index contributed by atoms with van der Waals surface area (Å²) in [7, 11) is 1.71. The number of hydrogen-bond donors (Lipinski definition) is 1. The molecule has 0 atom stereocenters. The van der Waals surface area contributed by atoms with Crippen LogP contribution in [0, 0.1) is 10.1 Å². The number of aliphatic hydroxyl groups excluding tert-OH is 1. The zero-order valence-electron chi connectivity index (χ0n) is 12.1. The van der Waals surface area contributed by atoms with Crippen molar-refractivity contribution in [1.82, 2.24) is 9.78 Å². The second-order valence-corrected chi connectivity index (χ2v) is 6.04. The molecule has 1 aromatic carbocycles. The van der Waals surface area contributed by atoms with Crippen LogP contribution in [0.3, 0.4) is 0 Å². The van der Waals surface area contributed by atoms with E-state index in [-0.39, 0.29) is 23.1 Å². The fraction of sp³-hybridized carbons (Fsp3) is 0.357. The zero-order valence-corrected chi connectivity index (χ0v) is 12.9. The Balaban J connectivity index is 2.40. The third-order valence-corrected chi connectivity index (χ3v) is 4.21. The summed E-state index contributed by atoms with van der Waals surface area (Å²) in [5.41, 5.74) is 1.38. The highest BCUT2D eigenvalue weighted by molar-refractivity contribution is 7.99. The number of nitro groups is 1. The first kappa shape index (κ1) is 15.5. The molecular weight excluding hydrogens is 290 g/mol. The van der Waals surface area contributed by atoms with E-state index in [1.54, 1.807) is 23.9 Å². The Labute approximate surface area is 126 Å². The molecule has 0 spiro atoms. The highest BCUT2D eigenvalue weighted by Gasteiger charge is 2.28. The lowest BCUT2D eigenvalue weighted by Gasteiger charge is -2.03. The van der Waals surface area contributed by atoms with Crippen LogP contribution in [0.4, 0.5) is 5.69 Å². The molecule has 0 saturated heterocycles. The van der Waals surface area contributed by atoms with E-state index in [0.717, 1.165) is 10.5 Å². The van der Waals surface area contributed by atoms with E-state index in [4.69, 9.17) is 5.11 Å². The molecule has 0 amide bonds. The largest absolute Gasteiger partial charge is 0.392 e. The van der Waals surface area contributed by atoms with Crippen molar-refractivity contribution >= 4 is 17.4 Å². The molecule has 6 nitrogen and oxygen atoms in total. The highest BCUT2D eigenvalue weighted by Crippen LogP contribution is 2.38. The van der Waals surface area contributed by atoms with Gasteiger partial charge < -0.3 is 5.11 Å². The van der Waals surface area contributed by atoms with Gasteiger partial charge in [-0.2, -0.15) is 5.10 Å². The van der Waals surface area contributed by atoms with Crippen molar-refractivity contribution in [3.63, 3.8) is 0 Å². The number of aromatic nitrogens is 2. The molecule has 2 rings (SSSR count). The molecule has 2 aromatic rings. The normalized spacial score (nSPS) is 11.1. The van der Waals surface area contributed by atoms with Gasteiger partial charge in [0, 0.05) is 17.9 Å². The number of aliphatic hydroxyl groups is 1. The molecule has 7 heteroatoms. The Kier molecular flexibility index (Phi) is 4.64. The Morgan fingerprint density at radius 2 is 2.00 bits per heavy atom. The van der Waals surface area contributed by atoms with Gasteiger partial charge in [-0.05, 0) is 17.7 Å². The Hall–Kier alpha value is -1.86. The number of rotatable bonds is 5. The minimum Gasteiger partial charge on any atom is -0.392 e.